The first-order valence-corrected chi connectivity index (χ1v) is 13.7. The molecule has 0 unspecified atom stereocenters. The number of halogens is 4. The number of carbonyl (C=O) groups is 2. The van der Waals surface area contributed by atoms with Gasteiger partial charge in [0.05, 0.1) is 26.8 Å². The fourth-order valence-electron chi connectivity index (χ4n) is 6.78. The lowest BCUT2D eigenvalue weighted by Gasteiger charge is -2.55. The SMILES string of the molecule is O=C(NC1(C23CCC(C(=O)O)(CC2)CC3)CC1)c1c(Cl)sc2ccn(Cc3ccc(C(F)(F)F)cc3)c12. The summed E-state index contributed by atoms with van der Waals surface area (Å²) in [5, 5.41) is 13.1. The van der Waals surface area contributed by atoms with Crippen molar-refractivity contribution >= 4 is 45.0 Å². The van der Waals surface area contributed by atoms with E-state index in [9.17, 15) is 27.9 Å². The van der Waals surface area contributed by atoms with Gasteiger partial charge in [-0.3, -0.25) is 9.59 Å². The van der Waals surface area contributed by atoms with Crippen LogP contribution in [0, 0.1) is 10.8 Å². The molecule has 1 amide bonds. The molecule has 0 saturated heterocycles. The number of hydrogen-bond donors (Lipinski definition) is 2. The summed E-state index contributed by atoms with van der Waals surface area (Å²) in [7, 11) is 0. The second-order valence-corrected chi connectivity index (χ2v) is 12.7. The average molecular weight is 551 g/mol. The Balaban J connectivity index is 1.25. The predicted molar refractivity (Wildman–Crippen MR) is 135 cm³/mol. The molecule has 5 nitrogen and oxygen atoms in total. The van der Waals surface area contributed by atoms with Gasteiger partial charge in [0, 0.05) is 18.3 Å². The molecule has 0 spiro atoms. The van der Waals surface area contributed by atoms with Gasteiger partial charge in [-0.25, -0.2) is 0 Å². The van der Waals surface area contributed by atoms with Gasteiger partial charge in [0.2, 0.25) is 0 Å². The molecule has 4 aliphatic carbocycles. The Bertz CT molecular complexity index is 1380. The van der Waals surface area contributed by atoms with Gasteiger partial charge in [0.15, 0.2) is 0 Å². The van der Waals surface area contributed by atoms with Crippen LogP contribution in [0.1, 0.15) is 72.9 Å². The first kappa shape index (κ1) is 24.8. The topological polar surface area (TPSA) is 71.3 Å². The van der Waals surface area contributed by atoms with Crippen LogP contribution < -0.4 is 5.32 Å². The standard InChI is InChI=1S/C27H26ClF3N2O3S/c28-21-19(20-18(37-21)5-14-33(20)15-16-1-3-17(4-2-16)27(29,30)31)22(34)32-26(12-13-26)25-9-6-24(7-10-25,8-11-25)23(35)36/h1-5,14H,6-13,15H2,(H,32,34)(H,35,36). The number of benzene rings is 1. The summed E-state index contributed by atoms with van der Waals surface area (Å²) in [6.45, 7) is 0.307. The number of carboxylic acid groups (broad SMARTS) is 1. The summed E-state index contributed by atoms with van der Waals surface area (Å²) < 4.78 is 41.9. The van der Waals surface area contributed by atoms with Gasteiger partial charge in [-0.15, -0.1) is 11.3 Å². The number of carbonyl (C=O) groups excluding carboxylic acids is 1. The van der Waals surface area contributed by atoms with E-state index >= 15 is 0 Å². The fraction of sp³-hybridized carbons (Fsp3) is 0.481. The third-order valence-corrected chi connectivity index (χ3v) is 10.6. The number of nitrogens with one attached hydrogen (secondary N) is 1. The molecule has 37 heavy (non-hydrogen) atoms. The van der Waals surface area contributed by atoms with E-state index in [0.717, 1.165) is 48.9 Å². The Kier molecular flexibility index (Phi) is 5.52. The van der Waals surface area contributed by atoms with Crippen molar-refractivity contribution in [1.29, 1.82) is 0 Å². The first-order chi connectivity index (χ1) is 17.5. The number of hydrogen-bond acceptors (Lipinski definition) is 3. The molecule has 3 aromatic rings. The lowest BCUT2D eigenvalue weighted by atomic mass is 9.50. The molecule has 4 fully saturated rings. The normalized spacial score (nSPS) is 26.4. The Labute approximate surface area is 220 Å². The molecule has 4 aliphatic rings. The molecule has 10 heteroatoms. The molecule has 2 N–H and O–H groups in total. The van der Waals surface area contributed by atoms with Crippen molar-refractivity contribution in [3.8, 4) is 0 Å². The van der Waals surface area contributed by atoms with Gasteiger partial charge in [-0.1, -0.05) is 23.7 Å². The van der Waals surface area contributed by atoms with Crippen molar-refractivity contribution in [2.24, 2.45) is 10.8 Å². The predicted octanol–water partition coefficient (Wildman–Crippen LogP) is 7.11. The molecule has 7 rings (SSSR count). The molecule has 2 bridgehead atoms. The zero-order valence-electron chi connectivity index (χ0n) is 20.0. The summed E-state index contributed by atoms with van der Waals surface area (Å²) in [6.07, 6.45) is 3.54. The number of thiophene rings is 1. The van der Waals surface area contributed by atoms with E-state index in [1.165, 1.54) is 23.5 Å². The van der Waals surface area contributed by atoms with Crippen LogP contribution in [0.15, 0.2) is 36.5 Å². The molecule has 4 saturated carbocycles. The van der Waals surface area contributed by atoms with Crippen molar-refractivity contribution in [2.45, 2.75) is 69.6 Å². The highest BCUT2D eigenvalue weighted by atomic mass is 35.5. The van der Waals surface area contributed by atoms with E-state index in [1.54, 1.807) is 0 Å². The molecule has 196 valence electrons. The van der Waals surface area contributed by atoms with Gasteiger partial charge in [-0.05, 0) is 80.5 Å². The van der Waals surface area contributed by atoms with Crippen molar-refractivity contribution in [3.05, 3.63) is 57.6 Å². The summed E-state index contributed by atoms with van der Waals surface area (Å²) in [6, 6.07) is 6.89. The molecule has 1 aromatic carbocycles. The van der Waals surface area contributed by atoms with Crippen molar-refractivity contribution in [3.63, 3.8) is 0 Å². The van der Waals surface area contributed by atoms with Crippen LogP contribution >= 0.6 is 22.9 Å². The van der Waals surface area contributed by atoms with Crippen molar-refractivity contribution < 1.29 is 27.9 Å². The number of amides is 1. The Morgan fingerprint density at radius 2 is 1.62 bits per heavy atom. The summed E-state index contributed by atoms with van der Waals surface area (Å²) >= 11 is 7.88. The van der Waals surface area contributed by atoms with Crippen LogP contribution in [0.4, 0.5) is 13.2 Å². The van der Waals surface area contributed by atoms with Crippen LogP contribution in [0.2, 0.25) is 4.34 Å². The zero-order chi connectivity index (χ0) is 26.2. The van der Waals surface area contributed by atoms with E-state index in [-0.39, 0.29) is 16.9 Å². The maximum Gasteiger partial charge on any atom is 0.416 e. The number of aromatic nitrogens is 1. The summed E-state index contributed by atoms with van der Waals surface area (Å²) in [5.74, 6) is -0.938. The lowest BCUT2D eigenvalue weighted by Crippen LogP contribution is -2.57. The molecule has 0 radical (unpaired) electrons. The zero-order valence-corrected chi connectivity index (χ0v) is 21.5. The fourth-order valence-corrected chi connectivity index (χ4v) is 8.14. The second-order valence-electron chi connectivity index (χ2n) is 11.0. The molecular weight excluding hydrogens is 525 g/mol. The number of nitrogens with zero attached hydrogens (tertiary/aromatic N) is 1. The van der Waals surface area contributed by atoms with Gasteiger partial charge < -0.3 is 15.0 Å². The Morgan fingerprint density at radius 1 is 1.00 bits per heavy atom. The van der Waals surface area contributed by atoms with Gasteiger partial charge in [0.25, 0.3) is 5.91 Å². The van der Waals surface area contributed by atoms with Crippen molar-refractivity contribution in [1.82, 2.24) is 9.88 Å². The maximum atomic E-state index is 13.7. The molecule has 2 heterocycles. The molecule has 0 atom stereocenters. The largest absolute Gasteiger partial charge is 0.481 e. The van der Waals surface area contributed by atoms with E-state index in [4.69, 9.17) is 11.6 Å². The minimum Gasteiger partial charge on any atom is -0.481 e. The molecular formula is C27H26ClF3N2O3S. The Hall–Kier alpha value is -2.52. The monoisotopic (exact) mass is 550 g/mol. The highest BCUT2D eigenvalue weighted by Gasteiger charge is 2.65. The molecule has 2 aromatic heterocycles. The Morgan fingerprint density at radius 3 is 2.16 bits per heavy atom. The van der Waals surface area contributed by atoms with E-state index in [2.05, 4.69) is 5.32 Å². The third-order valence-electron chi connectivity index (χ3n) is 9.24. The molecule has 0 aliphatic heterocycles. The van der Waals surface area contributed by atoms with Gasteiger partial charge in [-0.2, -0.15) is 13.2 Å². The second kappa shape index (κ2) is 8.24. The van der Waals surface area contributed by atoms with Crippen LogP contribution in [0.25, 0.3) is 10.2 Å². The third kappa shape index (κ3) is 3.88. The van der Waals surface area contributed by atoms with Gasteiger partial charge in [0.1, 0.15) is 4.34 Å². The van der Waals surface area contributed by atoms with Crippen LogP contribution in [-0.4, -0.2) is 27.1 Å². The lowest BCUT2D eigenvalue weighted by molar-refractivity contribution is -0.160. The van der Waals surface area contributed by atoms with E-state index in [0.29, 0.717) is 46.8 Å². The number of fused-ring (bicyclic) bond motifs is 4. The highest BCUT2D eigenvalue weighted by Crippen LogP contribution is 2.67. The van der Waals surface area contributed by atoms with Crippen molar-refractivity contribution in [2.75, 3.05) is 0 Å². The van der Waals surface area contributed by atoms with Crippen LogP contribution in [-0.2, 0) is 17.5 Å². The number of carboxylic acids is 1. The average Bonchev–Trinajstić information content (AvgIpc) is 3.46. The van der Waals surface area contributed by atoms with E-state index < -0.39 is 23.1 Å². The quantitative estimate of drug-likeness (QED) is 0.343. The van der Waals surface area contributed by atoms with Crippen LogP contribution in [0.3, 0.4) is 0 Å². The maximum absolute atomic E-state index is 13.7. The number of alkyl halides is 3. The van der Waals surface area contributed by atoms with E-state index in [1.807, 2.05) is 16.8 Å². The van der Waals surface area contributed by atoms with Crippen LogP contribution in [0.5, 0.6) is 0 Å². The minimum absolute atomic E-state index is 0.0797. The highest BCUT2D eigenvalue weighted by molar-refractivity contribution is 7.23. The first-order valence-electron chi connectivity index (χ1n) is 12.5. The minimum atomic E-state index is -4.39. The number of aliphatic carboxylic acids is 1. The van der Waals surface area contributed by atoms with Gasteiger partial charge >= 0.3 is 12.1 Å². The number of rotatable bonds is 6. The smallest absolute Gasteiger partial charge is 0.416 e. The summed E-state index contributed by atoms with van der Waals surface area (Å²) in [5.41, 5.74) is 0.0341. The summed E-state index contributed by atoms with van der Waals surface area (Å²) in [4.78, 5) is 25.6.